The van der Waals surface area contributed by atoms with Crippen LogP contribution in [0.25, 0.3) is 0 Å². The number of halogens is 2. The summed E-state index contributed by atoms with van der Waals surface area (Å²) in [7, 11) is 0. The van der Waals surface area contributed by atoms with Gasteiger partial charge in [0.15, 0.2) is 17.7 Å². The topological polar surface area (TPSA) is 151 Å². The van der Waals surface area contributed by atoms with Gasteiger partial charge in [0.25, 0.3) is 5.91 Å². The summed E-state index contributed by atoms with van der Waals surface area (Å²) in [6, 6.07) is 2.41. The van der Waals surface area contributed by atoms with Crippen molar-refractivity contribution in [1.29, 1.82) is 0 Å². The molecule has 0 unspecified atom stereocenters. The number of carboxylic acid groups (broad SMARTS) is 1. The highest BCUT2D eigenvalue weighted by atomic mass is 19.1. The molecule has 33 heavy (non-hydrogen) atoms. The van der Waals surface area contributed by atoms with E-state index in [0.29, 0.717) is 12.5 Å². The molecular weight excluding hydrogens is 446 g/mol. The second kappa shape index (κ2) is 9.73. The summed E-state index contributed by atoms with van der Waals surface area (Å²) >= 11 is 0. The van der Waals surface area contributed by atoms with E-state index in [4.69, 9.17) is 4.74 Å². The number of hydrogen-bond donors (Lipinski definition) is 3. The molecule has 1 aliphatic rings. The molecule has 1 aromatic heterocycles. The van der Waals surface area contributed by atoms with E-state index in [-0.39, 0.29) is 24.8 Å². The molecule has 0 spiro atoms. The number of aromatic carboxylic acids is 1. The van der Waals surface area contributed by atoms with Crippen LogP contribution in [-0.2, 0) is 17.8 Å². The number of amides is 1. The quantitative estimate of drug-likeness (QED) is 0.521. The Hall–Kier alpha value is -3.87. The number of nitrogens with one attached hydrogen (secondary N) is 1. The van der Waals surface area contributed by atoms with Crippen LogP contribution in [0.15, 0.2) is 34.5 Å². The van der Waals surface area contributed by atoms with Gasteiger partial charge in [0.1, 0.15) is 17.2 Å². The molecule has 1 saturated heterocycles. The van der Waals surface area contributed by atoms with Crippen LogP contribution in [-0.4, -0.2) is 50.5 Å². The van der Waals surface area contributed by atoms with Gasteiger partial charge in [0.05, 0.1) is 24.5 Å². The van der Waals surface area contributed by atoms with E-state index in [2.05, 4.69) is 10.6 Å². The summed E-state index contributed by atoms with van der Waals surface area (Å²) in [5, 5.41) is 25.9. The van der Waals surface area contributed by atoms with Gasteiger partial charge in [-0.2, -0.15) is 0 Å². The second-order valence-electron chi connectivity index (χ2n) is 7.37. The summed E-state index contributed by atoms with van der Waals surface area (Å²) in [6.45, 7) is 1.21. The maximum atomic E-state index is 13.8. The molecule has 0 radical (unpaired) electrons. The predicted octanol–water partition coefficient (Wildman–Crippen LogP) is 1.58. The van der Waals surface area contributed by atoms with Gasteiger partial charge in [0.2, 0.25) is 5.43 Å². The molecular formula is C20H20F2N4O7. The number of carbonyl (C=O) groups excluding carboxylic acids is 1. The molecule has 3 rings (SSSR count). The summed E-state index contributed by atoms with van der Waals surface area (Å²) in [5.74, 6) is -5.61. The van der Waals surface area contributed by atoms with E-state index < -0.39 is 58.7 Å². The number of carbonyl (C=O) groups is 2. The molecule has 2 aromatic rings. The molecule has 0 bridgehead atoms. The van der Waals surface area contributed by atoms with Crippen LogP contribution in [0.5, 0.6) is 5.75 Å². The maximum absolute atomic E-state index is 13.8. The summed E-state index contributed by atoms with van der Waals surface area (Å²) in [5.41, 5.74) is -2.76. The maximum Gasteiger partial charge on any atom is 0.356 e. The van der Waals surface area contributed by atoms with E-state index in [1.807, 2.05) is 0 Å². The van der Waals surface area contributed by atoms with Gasteiger partial charge in [0, 0.05) is 24.4 Å². The molecule has 0 aliphatic carbocycles. The number of hydrogen-bond acceptors (Lipinski definition) is 7. The lowest BCUT2D eigenvalue weighted by atomic mass is 10.1. The van der Waals surface area contributed by atoms with E-state index in [1.54, 1.807) is 6.92 Å². The van der Waals surface area contributed by atoms with Gasteiger partial charge >= 0.3 is 5.97 Å². The Morgan fingerprint density at radius 2 is 2.06 bits per heavy atom. The third-order valence-electron chi connectivity index (χ3n) is 5.20. The highest BCUT2D eigenvalue weighted by molar-refractivity contribution is 5.96. The smallest absolute Gasteiger partial charge is 0.356 e. The molecule has 1 fully saturated rings. The molecule has 2 heterocycles. The Labute approximate surface area is 185 Å². The van der Waals surface area contributed by atoms with Crippen LogP contribution >= 0.6 is 0 Å². The first kappa shape index (κ1) is 23.8. The van der Waals surface area contributed by atoms with Gasteiger partial charge < -0.3 is 24.8 Å². The third-order valence-corrected chi connectivity index (χ3v) is 5.20. The van der Waals surface area contributed by atoms with Crippen LogP contribution in [0, 0.1) is 16.5 Å². The zero-order valence-electron chi connectivity index (χ0n) is 17.3. The second-order valence-corrected chi connectivity index (χ2v) is 7.37. The Morgan fingerprint density at radius 3 is 2.70 bits per heavy atom. The molecule has 2 atom stereocenters. The fourth-order valence-corrected chi connectivity index (χ4v) is 3.42. The molecule has 13 heteroatoms. The Balaban J connectivity index is 1.93. The standard InChI is InChI=1S/C20H20F2N4O7/c1-10-4-5-33-15(26(10)24-32)9-25-8-13(17(27)18(28)16(25)20(30)31)19(29)23-7-11-2-3-12(21)6-14(11)22/h2-3,6,8,10,15,28H,4-5,7,9H2,1H3,(H,23,29)(H,30,31)/t10-,15+/m1/s1. The number of ether oxygens (including phenoxy) is 1. The summed E-state index contributed by atoms with van der Waals surface area (Å²) in [6.07, 6.45) is 0.375. The molecule has 1 amide bonds. The summed E-state index contributed by atoms with van der Waals surface area (Å²) in [4.78, 5) is 47.9. The predicted molar refractivity (Wildman–Crippen MR) is 108 cm³/mol. The molecule has 3 N–H and O–H groups in total. The highest BCUT2D eigenvalue weighted by Crippen LogP contribution is 2.22. The number of carboxylic acids is 1. The monoisotopic (exact) mass is 466 g/mol. The van der Waals surface area contributed by atoms with Crippen molar-refractivity contribution < 1.29 is 33.3 Å². The molecule has 0 saturated carbocycles. The first-order valence-corrected chi connectivity index (χ1v) is 9.79. The number of aromatic hydroxyl groups is 1. The van der Waals surface area contributed by atoms with Crippen LogP contribution in [0.4, 0.5) is 8.78 Å². The normalized spacial score (nSPS) is 18.1. The molecule has 1 aromatic carbocycles. The van der Waals surface area contributed by atoms with Gasteiger partial charge in [-0.1, -0.05) is 6.07 Å². The zero-order chi connectivity index (χ0) is 24.3. The minimum atomic E-state index is -1.65. The largest absolute Gasteiger partial charge is 0.502 e. The Bertz CT molecular complexity index is 1150. The van der Waals surface area contributed by atoms with Crippen LogP contribution in [0.1, 0.15) is 39.8 Å². The van der Waals surface area contributed by atoms with Crippen molar-refractivity contribution in [2.45, 2.75) is 38.7 Å². The molecule has 11 nitrogen and oxygen atoms in total. The van der Waals surface area contributed by atoms with Crippen molar-refractivity contribution in [2.75, 3.05) is 6.61 Å². The average Bonchev–Trinajstić information content (AvgIpc) is 2.75. The minimum absolute atomic E-state index is 0.0613. The lowest BCUT2D eigenvalue weighted by Crippen LogP contribution is -2.47. The van der Waals surface area contributed by atoms with Gasteiger partial charge in [-0.25, -0.2) is 18.6 Å². The number of benzene rings is 1. The number of nitroso groups, excluding NO2 is 1. The minimum Gasteiger partial charge on any atom is -0.502 e. The average molecular weight is 466 g/mol. The Morgan fingerprint density at radius 1 is 1.33 bits per heavy atom. The van der Waals surface area contributed by atoms with Crippen LogP contribution in [0.3, 0.4) is 0 Å². The fraction of sp³-hybridized carbons (Fsp3) is 0.350. The van der Waals surface area contributed by atoms with Gasteiger partial charge in [-0.3, -0.25) is 9.59 Å². The lowest BCUT2D eigenvalue weighted by molar-refractivity contribution is -0.126. The third kappa shape index (κ3) is 4.98. The number of nitrogens with zero attached hydrogens (tertiary/aromatic N) is 3. The van der Waals surface area contributed by atoms with Crippen molar-refractivity contribution in [2.24, 2.45) is 5.29 Å². The number of rotatable bonds is 7. The molecule has 1 aliphatic heterocycles. The number of aromatic nitrogens is 1. The van der Waals surface area contributed by atoms with Gasteiger partial charge in [-0.05, 0) is 19.4 Å². The molecule has 176 valence electrons. The first-order chi connectivity index (χ1) is 15.6. The van der Waals surface area contributed by atoms with Crippen LogP contribution in [0.2, 0.25) is 0 Å². The fourth-order valence-electron chi connectivity index (χ4n) is 3.42. The van der Waals surface area contributed by atoms with E-state index >= 15 is 0 Å². The summed E-state index contributed by atoms with van der Waals surface area (Å²) < 4.78 is 33.2. The van der Waals surface area contributed by atoms with E-state index in [1.165, 1.54) is 0 Å². The van der Waals surface area contributed by atoms with Crippen molar-refractivity contribution in [3.05, 3.63) is 68.0 Å². The van der Waals surface area contributed by atoms with Crippen molar-refractivity contribution in [1.82, 2.24) is 14.9 Å². The van der Waals surface area contributed by atoms with Crippen LogP contribution < -0.4 is 10.7 Å². The first-order valence-electron chi connectivity index (χ1n) is 9.79. The lowest BCUT2D eigenvalue weighted by Gasteiger charge is -2.36. The number of pyridine rings is 1. The zero-order valence-corrected chi connectivity index (χ0v) is 17.3. The SMILES string of the molecule is C[C@@H]1CCO[C@@H](Cn2cc(C(=O)NCc3ccc(F)cc3F)c(=O)c(O)c2C(=O)O)N1N=O. The Kier molecular flexibility index (Phi) is 7.01. The van der Waals surface area contributed by atoms with Crippen molar-refractivity contribution >= 4 is 11.9 Å². The van der Waals surface area contributed by atoms with E-state index in [0.717, 1.165) is 27.9 Å². The van der Waals surface area contributed by atoms with Crippen molar-refractivity contribution in [3.63, 3.8) is 0 Å². The highest BCUT2D eigenvalue weighted by Gasteiger charge is 2.32. The van der Waals surface area contributed by atoms with Crippen molar-refractivity contribution in [3.8, 4) is 5.75 Å². The van der Waals surface area contributed by atoms with Gasteiger partial charge in [-0.15, -0.1) is 4.91 Å². The van der Waals surface area contributed by atoms with E-state index in [9.17, 15) is 38.3 Å².